The van der Waals surface area contributed by atoms with Gasteiger partial charge in [0.1, 0.15) is 18.9 Å². The number of allylic oxidation sites excluding steroid dienone is 1. The molecule has 1 unspecified atom stereocenters. The van der Waals surface area contributed by atoms with Crippen LogP contribution in [-0.4, -0.2) is 102 Å². The number of likely N-dealkylation sites (N-methyl/N-ethyl adjacent to an activating group) is 1. The molecule has 56 heavy (non-hydrogen) atoms. The molecule has 0 saturated heterocycles. The Hall–Kier alpha value is -1.43. The number of phosphoric ester groups is 1. The molecule has 1 saturated carbocycles. The van der Waals surface area contributed by atoms with Gasteiger partial charge in [-0.2, -0.15) is 0 Å². The highest BCUT2D eigenvalue weighted by Gasteiger charge is 2.39. The van der Waals surface area contributed by atoms with E-state index >= 15 is 0 Å². The molecule has 0 aromatic rings. The average molecular weight is 816 g/mol. The normalized spacial score (nSPS) is 20.5. The van der Waals surface area contributed by atoms with E-state index in [4.69, 9.17) is 9.05 Å². The number of ketones is 1. The molecule has 0 bridgehead atoms. The van der Waals surface area contributed by atoms with Gasteiger partial charge in [-0.1, -0.05) is 147 Å². The van der Waals surface area contributed by atoms with Crippen molar-refractivity contribution in [1.29, 1.82) is 0 Å². The Balaban J connectivity index is 2.54. The topological polar surface area (TPSA) is 163 Å². The number of carbonyl (C=O) groups is 2. The number of carbonyl (C=O) groups excluding carboxylic acids is 2. The average Bonchev–Trinajstić information content (AvgIpc) is 3.40. The second kappa shape index (κ2) is 31.5. The third-order valence-electron chi connectivity index (χ3n) is 10.8. The van der Waals surface area contributed by atoms with Crippen molar-refractivity contribution < 1.29 is 47.9 Å². The Bertz CT molecular complexity index is 1130. The molecule has 12 heteroatoms. The molecule has 0 heterocycles. The number of nitrogens with one attached hydrogen (secondary N) is 1. The fourth-order valence-electron chi connectivity index (χ4n) is 7.17. The Morgan fingerprint density at radius 3 is 2.04 bits per heavy atom. The molecular formula is C44H84N2O9P+. The van der Waals surface area contributed by atoms with Crippen molar-refractivity contribution in [2.75, 3.05) is 40.9 Å². The summed E-state index contributed by atoms with van der Waals surface area (Å²) in [5.74, 6) is -0.771. The lowest BCUT2D eigenvalue weighted by Crippen LogP contribution is -2.45. The summed E-state index contributed by atoms with van der Waals surface area (Å²) in [6.07, 6.45) is 28.5. The molecule has 0 aliphatic heterocycles. The van der Waals surface area contributed by atoms with Gasteiger partial charge in [-0.05, 0) is 32.1 Å². The van der Waals surface area contributed by atoms with E-state index in [0.29, 0.717) is 30.3 Å². The minimum atomic E-state index is -4.40. The number of phosphoric acid groups is 1. The van der Waals surface area contributed by atoms with Crippen LogP contribution >= 0.6 is 7.82 Å². The van der Waals surface area contributed by atoms with E-state index in [9.17, 15) is 34.4 Å². The van der Waals surface area contributed by atoms with E-state index in [2.05, 4.69) is 19.2 Å². The molecule has 0 spiro atoms. The zero-order valence-electron chi connectivity index (χ0n) is 36.1. The van der Waals surface area contributed by atoms with E-state index in [-0.39, 0.29) is 49.6 Å². The minimum absolute atomic E-state index is 0.0188. The second-order valence-electron chi connectivity index (χ2n) is 17.2. The summed E-state index contributed by atoms with van der Waals surface area (Å²) in [5.41, 5.74) is 0. The fraction of sp³-hybridized carbons (Fsp3) is 0.864. The number of hydrogen-bond donors (Lipinski definition) is 5. The third kappa shape index (κ3) is 27.3. The molecule has 0 aromatic heterocycles. The van der Waals surface area contributed by atoms with Crippen molar-refractivity contribution >= 4 is 19.5 Å². The van der Waals surface area contributed by atoms with Crippen molar-refractivity contribution in [1.82, 2.24) is 5.32 Å². The highest BCUT2D eigenvalue weighted by atomic mass is 31.2. The number of aliphatic hydroxyl groups excluding tert-OH is 3. The van der Waals surface area contributed by atoms with E-state index in [1.807, 2.05) is 33.3 Å². The Kier molecular flexibility index (Phi) is 29.6. The zero-order valence-corrected chi connectivity index (χ0v) is 37.0. The molecule has 328 valence electrons. The van der Waals surface area contributed by atoms with E-state index in [0.717, 1.165) is 57.8 Å². The molecule has 0 aromatic carbocycles. The smallest absolute Gasteiger partial charge is 0.392 e. The van der Waals surface area contributed by atoms with Crippen LogP contribution in [0.4, 0.5) is 0 Å². The number of quaternary nitrogens is 1. The Labute approximate surface area is 341 Å². The predicted octanol–water partition coefficient (Wildman–Crippen LogP) is 8.72. The van der Waals surface area contributed by atoms with Crippen LogP contribution in [0.2, 0.25) is 0 Å². The highest BCUT2D eigenvalue weighted by molar-refractivity contribution is 7.47. The van der Waals surface area contributed by atoms with Crippen molar-refractivity contribution in [2.45, 2.75) is 192 Å². The standard InChI is InChI=1S/C44H83N2O9P/c1-6-8-10-11-12-13-14-15-16-17-18-19-20-25-29-41(48)40(36-55-56(52,53)54-34-33-46(3,4)5)45-44(51)30-26-22-21-24-28-38-39(43(50)35-42(38)49)32-31-37(47)27-23-9-7-2/h25,29,31-32,37-41,43,47-48,50H,6-24,26-28,30,33-36H2,1-5H3,(H-,45,51,52,53)/p+1/b29-25+,32-31+/t37-,38+,39+,40-,41+,43+/m0/s1. The van der Waals surface area contributed by atoms with Gasteiger partial charge >= 0.3 is 7.82 Å². The number of amides is 1. The van der Waals surface area contributed by atoms with E-state index < -0.39 is 32.2 Å². The maximum Gasteiger partial charge on any atom is 0.472 e. The van der Waals surface area contributed by atoms with Gasteiger partial charge in [0.25, 0.3) is 0 Å². The maximum absolute atomic E-state index is 13.0. The first-order valence-electron chi connectivity index (χ1n) is 22.3. The van der Waals surface area contributed by atoms with Crippen LogP contribution in [0.3, 0.4) is 0 Å². The first-order chi connectivity index (χ1) is 26.7. The molecule has 7 atom stereocenters. The summed E-state index contributed by atoms with van der Waals surface area (Å²) < 4.78 is 23.5. The molecule has 1 rings (SSSR count). The highest BCUT2D eigenvalue weighted by Crippen LogP contribution is 2.43. The van der Waals surface area contributed by atoms with Gasteiger partial charge in [0.15, 0.2) is 0 Å². The summed E-state index contributed by atoms with van der Waals surface area (Å²) in [4.78, 5) is 35.9. The predicted molar refractivity (Wildman–Crippen MR) is 227 cm³/mol. The van der Waals surface area contributed by atoms with Crippen molar-refractivity contribution in [3.63, 3.8) is 0 Å². The van der Waals surface area contributed by atoms with Gasteiger partial charge in [-0.25, -0.2) is 4.57 Å². The van der Waals surface area contributed by atoms with Crippen LogP contribution in [0, 0.1) is 11.8 Å². The number of unbranched alkanes of at least 4 members (excludes halogenated alkanes) is 17. The van der Waals surface area contributed by atoms with Crippen LogP contribution < -0.4 is 5.32 Å². The number of rotatable bonds is 36. The molecule has 1 fully saturated rings. The van der Waals surface area contributed by atoms with Gasteiger partial charge in [-0.3, -0.25) is 18.6 Å². The monoisotopic (exact) mass is 816 g/mol. The lowest BCUT2D eigenvalue weighted by atomic mass is 9.88. The summed E-state index contributed by atoms with van der Waals surface area (Å²) in [6, 6.07) is -0.932. The minimum Gasteiger partial charge on any atom is -0.392 e. The summed E-state index contributed by atoms with van der Waals surface area (Å²) in [7, 11) is 1.42. The van der Waals surface area contributed by atoms with Crippen molar-refractivity contribution in [3.05, 3.63) is 24.3 Å². The van der Waals surface area contributed by atoms with Crippen LogP contribution in [0.15, 0.2) is 24.3 Å². The second-order valence-corrected chi connectivity index (χ2v) is 18.7. The first kappa shape index (κ1) is 52.6. The maximum atomic E-state index is 13.0. The zero-order chi connectivity index (χ0) is 41.7. The van der Waals surface area contributed by atoms with Crippen LogP contribution in [0.1, 0.15) is 168 Å². The number of aliphatic hydroxyl groups is 3. The van der Waals surface area contributed by atoms with Crippen LogP contribution in [0.25, 0.3) is 0 Å². The number of nitrogens with zero attached hydrogens (tertiary/aromatic N) is 1. The number of hydrogen-bond acceptors (Lipinski definition) is 8. The Morgan fingerprint density at radius 2 is 1.41 bits per heavy atom. The molecule has 5 N–H and O–H groups in total. The molecule has 1 amide bonds. The van der Waals surface area contributed by atoms with Crippen molar-refractivity contribution in [2.24, 2.45) is 11.8 Å². The van der Waals surface area contributed by atoms with Crippen LogP contribution in [0.5, 0.6) is 0 Å². The Morgan fingerprint density at radius 1 is 0.839 bits per heavy atom. The largest absolute Gasteiger partial charge is 0.472 e. The summed E-state index contributed by atoms with van der Waals surface area (Å²) >= 11 is 0. The molecular weight excluding hydrogens is 731 g/mol. The van der Waals surface area contributed by atoms with E-state index in [1.54, 1.807) is 12.2 Å². The number of Topliss-reactive ketones (excluding diaryl/α,β-unsaturated/α-hetero) is 1. The van der Waals surface area contributed by atoms with Gasteiger partial charge in [0.2, 0.25) is 5.91 Å². The summed E-state index contributed by atoms with van der Waals surface area (Å²) in [5, 5.41) is 34.6. The lowest BCUT2D eigenvalue weighted by Gasteiger charge is -2.25. The van der Waals surface area contributed by atoms with Crippen LogP contribution in [-0.2, 0) is 23.2 Å². The van der Waals surface area contributed by atoms with E-state index in [1.165, 1.54) is 64.2 Å². The van der Waals surface area contributed by atoms with Crippen molar-refractivity contribution in [3.8, 4) is 0 Å². The fourth-order valence-corrected chi connectivity index (χ4v) is 7.91. The third-order valence-corrected chi connectivity index (χ3v) is 11.8. The van der Waals surface area contributed by atoms with Gasteiger partial charge in [-0.15, -0.1) is 0 Å². The van der Waals surface area contributed by atoms with Gasteiger partial charge in [0.05, 0.1) is 52.1 Å². The first-order valence-corrected chi connectivity index (χ1v) is 23.8. The SMILES string of the molecule is CCCCCCCCCCCCCC/C=C/[C@@H](O)[C@H](COP(=O)(O)OCC[N+](C)(C)C)NC(=O)CCCCCC[C@H]1C(=O)C[C@@H](O)[C@@H]1/C=C/[C@@H](O)CCCCC. The lowest BCUT2D eigenvalue weighted by molar-refractivity contribution is -0.870. The summed E-state index contributed by atoms with van der Waals surface area (Å²) in [6.45, 7) is 4.49. The molecule has 1 aliphatic carbocycles. The van der Waals surface area contributed by atoms with Gasteiger partial charge < -0.3 is 30.0 Å². The van der Waals surface area contributed by atoms with Gasteiger partial charge in [0, 0.05) is 24.7 Å². The quantitative estimate of drug-likeness (QED) is 0.0180. The molecule has 11 nitrogen and oxygen atoms in total. The molecule has 1 aliphatic rings. The molecule has 0 radical (unpaired) electrons.